The number of nitrogens with one attached hydrogen (secondary N) is 2. The van der Waals surface area contributed by atoms with E-state index in [9.17, 15) is 18.4 Å². The van der Waals surface area contributed by atoms with Crippen molar-refractivity contribution in [3.05, 3.63) is 24.3 Å². The van der Waals surface area contributed by atoms with Crippen molar-refractivity contribution < 1.29 is 23.1 Å². The number of alkyl halides is 2. The van der Waals surface area contributed by atoms with Crippen LogP contribution in [0.25, 0.3) is 0 Å². The largest absolute Gasteiger partial charge is 0.435 e. The van der Waals surface area contributed by atoms with Gasteiger partial charge in [-0.1, -0.05) is 6.07 Å². The summed E-state index contributed by atoms with van der Waals surface area (Å²) in [6.45, 7) is -2.94. The van der Waals surface area contributed by atoms with Gasteiger partial charge in [0.25, 0.3) is 0 Å². The van der Waals surface area contributed by atoms with E-state index >= 15 is 0 Å². The van der Waals surface area contributed by atoms with E-state index in [1.165, 1.54) is 30.5 Å². The molecular weight excluding hydrogens is 296 g/mol. The Bertz CT molecular complexity index is 615. The van der Waals surface area contributed by atoms with Gasteiger partial charge < -0.3 is 10.1 Å². The summed E-state index contributed by atoms with van der Waals surface area (Å²) in [6, 6.07) is 5.58. The summed E-state index contributed by atoms with van der Waals surface area (Å²) >= 11 is 0. The second kappa shape index (κ2) is 8.50. The molecule has 0 heterocycles. The molecule has 0 amide bonds. The molecule has 22 heavy (non-hydrogen) atoms. The molecule has 0 aliphatic rings. The van der Waals surface area contributed by atoms with Crippen LogP contribution in [-0.2, 0) is 9.59 Å². The van der Waals surface area contributed by atoms with Crippen LogP contribution in [0.2, 0.25) is 0 Å². The molecule has 0 saturated carbocycles. The Hall–Kier alpha value is -2.77. The molecule has 0 fully saturated rings. The third-order valence-corrected chi connectivity index (χ3v) is 2.40. The summed E-state index contributed by atoms with van der Waals surface area (Å²) in [4.78, 5) is 26.6. The van der Waals surface area contributed by atoms with Gasteiger partial charge >= 0.3 is 6.61 Å². The minimum Gasteiger partial charge on any atom is -0.435 e. The van der Waals surface area contributed by atoms with Crippen molar-refractivity contribution in [1.29, 1.82) is 10.8 Å². The van der Waals surface area contributed by atoms with Crippen LogP contribution < -0.4 is 4.74 Å². The predicted molar refractivity (Wildman–Crippen MR) is 77.0 cm³/mol. The molecule has 0 saturated heterocycles. The van der Waals surface area contributed by atoms with E-state index in [1.807, 2.05) is 0 Å². The minimum atomic E-state index is -2.94. The zero-order valence-electron chi connectivity index (χ0n) is 11.4. The van der Waals surface area contributed by atoms with Gasteiger partial charge in [0.2, 0.25) is 0 Å². The molecule has 0 radical (unpaired) electrons. The quantitative estimate of drug-likeness (QED) is 0.541. The van der Waals surface area contributed by atoms with Crippen LogP contribution in [0, 0.1) is 10.8 Å². The molecule has 0 aromatic heterocycles. The lowest BCUT2D eigenvalue weighted by Crippen LogP contribution is -2.23. The highest BCUT2D eigenvalue weighted by Crippen LogP contribution is 2.21. The summed E-state index contributed by atoms with van der Waals surface area (Å²) in [6.07, 6.45) is 1.42. The lowest BCUT2D eigenvalue weighted by molar-refractivity contribution is -0.115. The number of ketones is 2. The maximum absolute atomic E-state index is 12.1. The van der Waals surface area contributed by atoms with Gasteiger partial charge in [-0.25, -0.2) is 0 Å². The number of aliphatic imine (C=N–C) groups is 1. The Kier molecular flexibility index (Phi) is 6.68. The van der Waals surface area contributed by atoms with Gasteiger partial charge in [-0.3, -0.25) is 20.0 Å². The van der Waals surface area contributed by atoms with Gasteiger partial charge in [0.05, 0.1) is 5.69 Å². The third kappa shape index (κ3) is 5.70. The number of carbonyl (C=O) groups excluding carboxylic acids is 2. The molecule has 0 aliphatic heterocycles. The lowest BCUT2D eigenvalue weighted by Gasteiger charge is -2.04. The Morgan fingerprint density at radius 1 is 1.27 bits per heavy atom. The van der Waals surface area contributed by atoms with Crippen molar-refractivity contribution in [1.82, 2.24) is 0 Å². The smallest absolute Gasteiger partial charge is 0.387 e. The fourth-order valence-electron chi connectivity index (χ4n) is 1.43. The van der Waals surface area contributed by atoms with E-state index in [4.69, 9.17) is 10.8 Å². The predicted octanol–water partition coefficient (Wildman–Crippen LogP) is 2.58. The van der Waals surface area contributed by atoms with Crippen molar-refractivity contribution in [2.75, 3.05) is 0 Å². The van der Waals surface area contributed by atoms with Gasteiger partial charge in [0, 0.05) is 31.3 Å². The summed E-state index contributed by atoms with van der Waals surface area (Å²) in [7, 11) is 0. The minimum absolute atomic E-state index is 0.0649. The molecular formula is C14H13F2N3O3. The van der Waals surface area contributed by atoms with E-state index in [0.29, 0.717) is 5.69 Å². The molecule has 1 aromatic rings. The fraction of sp³-hybridized carbons (Fsp3) is 0.214. The van der Waals surface area contributed by atoms with Gasteiger partial charge in [0.1, 0.15) is 11.5 Å². The molecule has 0 bridgehead atoms. The third-order valence-electron chi connectivity index (χ3n) is 2.40. The van der Waals surface area contributed by atoms with Gasteiger partial charge in [0.15, 0.2) is 11.6 Å². The SMILES string of the molecule is N=CCC(=O)C(=N)C(=O)CC=Nc1cccc(OC(F)F)c1. The van der Waals surface area contributed by atoms with Gasteiger partial charge in [-0.15, -0.1) is 0 Å². The van der Waals surface area contributed by atoms with Gasteiger partial charge in [-0.05, 0) is 12.1 Å². The highest BCUT2D eigenvalue weighted by molar-refractivity contribution is 6.66. The lowest BCUT2D eigenvalue weighted by atomic mass is 10.1. The average molecular weight is 309 g/mol. The number of ether oxygens (including phenoxy) is 1. The number of nitrogens with zero attached hydrogens (tertiary/aromatic N) is 1. The Labute approximate surface area is 124 Å². The molecule has 0 spiro atoms. The molecule has 116 valence electrons. The van der Waals surface area contributed by atoms with Crippen molar-refractivity contribution in [2.24, 2.45) is 4.99 Å². The van der Waals surface area contributed by atoms with Crippen molar-refractivity contribution >= 4 is 35.4 Å². The first-order valence-corrected chi connectivity index (χ1v) is 6.15. The second-order valence-electron chi connectivity index (χ2n) is 4.02. The monoisotopic (exact) mass is 309 g/mol. The zero-order chi connectivity index (χ0) is 16.5. The molecule has 1 rings (SSSR count). The highest BCUT2D eigenvalue weighted by Gasteiger charge is 2.15. The van der Waals surface area contributed by atoms with Crippen LogP contribution in [0.15, 0.2) is 29.3 Å². The summed E-state index contributed by atoms with van der Waals surface area (Å²) < 4.78 is 28.3. The topological polar surface area (TPSA) is 103 Å². The number of rotatable bonds is 9. The number of benzene rings is 1. The number of carbonyl (C=O) groups is 2. The first-order chi connectivity index (χ1) is 10.4. The van der Waals surface area contributed by atoms with Crippen LogP contribution in [0.4, 0.5) is 14.5 Å². The Morgan fingerprint density at radius 2 is 1.95 bits per heavy atom. The van der Waals surface area contributed by atoms with Crippen molar-refractivity contribution in [3.8, 4) is 5.75 Å². The summed E-state index contributed by atoms with van der Waals surface area (Å²) in [5.74, 6) is -1.53. The van der Waals surface area contributed by atoms with E-state index in [1.54, 1.807) is 0 Å². The van der Waals surface area contributed by atoms with Crippen LogP contribution in [0.5, 0.6) is 5.75 Å². The molecule has 0 unspecified atom stereocenters. The maximum atomic E-state index is 12.1. The number of hydrogen-bond donors (Lipinski definition) is 2. The van der Waals surface area contributed by atoms with Crippen LogP contribution in [0.1, 0.15) is 12.8 Å². The van der Waals surface area contributed by atoms with Gasteiger partial charge in [-0.2, -0.15) is 8.78 Å². The standard InChI is InChI=1S/C14H13F2N3O3/c15-14(16)22-10-3-1-2-9(8-10)19-7-5-12(21)13(18)11(20)4-6-17/h1-3,6-8,14,17-18H,4-5H2. The highest BCUT2D eigenvalue weighted by atomic mass is 19.3. The Balaban J connectivity index is 2.62. The molecule has 2 N–H and O–H groups in total. The van der Waals surface area contributed by atoms with E-state index < -0.39 is 23.9 Å². The molecule has 6 nitrogen and oxygen atoms in total. The fourth-order valence-corrected chi connectivity index (χ4v) is 1.43. The summed E-state index contributed by atoms with van der Waals surface area (Å²) in [5.41, 5.74) is -0.395. The van der Waals surface area contributed by atoms with Crippen molar-refractivity contribution in [2.45, 2.75) is 19.5 Å². The number of Topliss-reactive ketones (excluding diaryl/α,β-unsaturated/α-hetero) is 2. The van der Waals surface area contributed by atoms with Crippen molar-refractivity contribution in [3.63, 3.8) is 0 Å². The normalized spacial score (nSPS) is 10.7. The molecule has 1 aromatic carbocycles. The van der Waals surface area contributed by atoms with E-state index in [0.717, 1.165) is 6.21 Å². The van der Waals surface area contributed by atoms with Crippen LogP contribution in [-0.4, -0.2) is 36.3 Å². The van der Waals surface area contributed by atoms with E-state index in [2.05, 4.69) is 9.73 Å². The molecule has 8 heteroatoms. The summed E-state index contributed by atoms with van der Waals surface area (Å²) in [5, 5.41) is 14.1. The second-order valence-corrected chi connectivity index (χ2v) is 4.02. The molecule has 0 atom stereocenters. The van der Waals surface area contributed by atoms with Crippen LogP contribution >= 0.6 is 0 Å². The first-order valence-electron chi connectivity index (χ1n) is 6.15. The maximum Gasteiger partial charge on any atom is 0.387 e. The average Bonchev–Trinajstić information content (AvgIpc) is 2.46. The first kappa shape index (κ1) is 17.3. The number of hydrogen-bond acceptors (Lipinski definition) is 6. The van der Waals surface area contributed by atoms with Crippen LogP contribution in [0.3, 0.4) is 0 Å². The number of halogens is 2. The zero-order valence-corrected chi connectivity index (χ0v) is 11.4. The van der Waals surface area contributed by atoms with E-state index in [-0.39, 0.29) is 18.6 Å². The molecule has 0 aliphatic carbocycles. The Morgan fingerprint density at radius 3 is 2.59 bits per heavy atom.